The molecule has 10 heteroatoms. The molecule has 2 amide bonds. The Balaban J connectivity index is 1.65. The highest BCUT2D eigenvalue weighted by molar-refractivity contribution is 5.93. The Morgan fingerprint density at radius 2 is 2.11 bits per heavy atom. The molecular weight excluding hydrogens is 355 g/mol. The third-order valence-electron chi connectivity index (χ3n) is 4.19. The van der Waals surface area contributed by atoms with Gasteiger partial charge in [0, 0.05) is 50.4 Å². The summed E-state index contributed by atoms with van der Waals surface area (Å²) in [7, 11) is 0. The van der Waals surface area contributed by atoms with Gasteiger partial charge in [-0.25, -0.2) is 14.8 Å². The summed E-state index contributed by atoms with van der Waals surface area (Å²) in [5, 5.41) is 0. The maximum absolute atomic E-state index is 12.1. The van der Waals surface area contributed by atoms with Crippen LogP contribution in [0.3, 0.4) is 0 Å². The molecule has 3 N–H and O–H groups in total. The van der Waals surface area contributed by atoms with E-state index in [-0.39, 0.29) is 13.0 Å². The van der Waals surface area contributed by atoms with Gasteiger partial charge in [0.25, 0.3) is 0 Å². The maximum atomic E-state index is 12.1. The first-order valence-corrected chi connectivity index (χ1v) is 8.62. The standard InChI is InChI=1S/C17H21FN6O3/c18-4-1-9-27-17(26)24-7-5-23(6-8-24)14-11-21-16-15(22-14)12(10-20-16)2-3-13(19)25/h2-3,10-11H,1,4-9H2,(H2,19,25)(H,20,21)/b3-2+. The molecule has 3 heterocycles. The highest BCUT2D eigenvalue weighted by Crippen LogP contribution is 2.20. The summed E-state index contributed by atoms with van der Waals surface area (Å²) < 4.78 is 17.1. The average molecular weight is 376 g/mol. The number of fused-ring (bicyclic) bond motifs is 1. The molecule has 0 spiro atoms. The molecule has 0 unspecified atom stereocenters. The van der Waals surface area contributed by atoms with Gasteiger partial charge in [0.15, 0.2) is 5.65 Å². The van der Waals surface area contributed by atoms with Crippen molar-refractivity contribution in [2.45, 2.75) is 6.42 Å². The Morgan fingerprint density at radius 3 is 2.81 bits per heavy atom. The van der Waals surface area contributed by atoms with Gasteiger partial charge in [-0.3, -0.25) is 9.18 Å². The van der Waals surface area contributed by atoms with E-state index >= 15 is 0 Å². The summed E-state index contributed by atoms with van der Waals surface area (Å²) in [5.41, 5.74) is 7.10. The number of alkyl halides is 1. The van der Waals surface area contributed by atoms with Crippen molar-refractivity contribution in [1.29, 1.82) is 0 Å². The minimum absolute atomic E-state index is 0.0901. The van der Waals surface area contributed by atoms with E-state index in [4.69, 9.17) is 10.5 Å². The van der Waals surface area contributed by atoms with Crippen LogP contribution in [0.5, 0.6) is 0 Å². The van der Waals surface area contributed by atoms with Crippen LogP contribution >= 0.6 is 0 Å². The fraction of sp³-hybridized carbons (Fsp3) is 0.412. The Hall–Kier alpha value is -3.17. The van der Waals surface area contributed by atoms with Gasteiger partial charge < -0.3 is 25.3 Å². The van der Waals surface area contributed by atoms with Crippen molar-refractivity contribution in [3.8, 4) is 0 Å². The molecule has 0 saturated carbocycles. The van der Waals surface area contributed by atoms with E-state index in [1.165, 1.54) is 6.08 Å². The van der Waals surface area contributed by atoms with E-state index in [1.54, 1.807) is 23.4 Å². The number of halogens is 1. The first-order chi connectivity index (χ1) is 13.1. The second-order valence-electron chi connectivity index (χ2n) is 6.04. The quantitative estimate of drug-likeness (QED) is 0.575. The molecule has 0 aliphatic carbocycles. The van der Waals surface area contributed by atoms with Crippen molar-refractivity contribution in [3.05, 3.63) is 24.0 Å². The van der Waals surface area contributed by atoms with E-state index in [9.17, 15) is 14.0 Å². The molecule has 9 nitrogen and oxygen atoms in total. The molecule has 0 atom stereocenters. The van der Waals surface area contributed by atoms with E-state index < -0.39 is 18.7 Å². The maximum Gasteiger partial charge on any atom is 0.409 e. The van der Waals surface area contributed by atoms with Crippen molar-refractivity contribution in [2.24, 2.45) is 5.73 Å². The number of carbonyl (C=O) groups is 2. The highest BCUT2D eigenvalue weighted by atomic mass is 19.1. The minimum Gasteiger partial charge on any atom is -0.449 e. The van der Waals surface area contributed by atoms with Crippen LogP contribution in [0, 0.1) is 0 Å². The zero-order valence-corrected chi connectivity index (χ0v) is 14.7. The van der Waals surface area contributed by atoms with Crippen LogP contribution in [0.15, 0.2) is 18.5 Å². The topological polar surface area (TPSA) is 117 Å². The van der Waals surface area contributed by atoms with Crippen LogP contribution in [0.4, 0.5) is 15.0 Å². The van der Waals surface area contributed by atoms with Crippen LogP contribution in [0.25, 0.3) is 17.2 Å². The summed E-state index contributed by atoms with van der Waals surface area (Å²) >= 11 is 0. The van der Waals surface area contributed by atoms with Crippen molar-refractivity contribution in [1.82, 2.24) is 19.9 Å². The number of ether oxygens (including phenoxy) is 1. The average Bonchev–Trinajstić information content (AvgIpc) is 3.09. The Bertz CT molecular complexity index is 844. The normalized spacial score (nSPS) is 14.9. The third kappa shape index (κ3) is 4.52. The molecule has 144 valence electrons. The van der Waals surface area contributed by atoms with Gasteiger partial charge in [0.1, 0.15) is 11.3 Å². The number of amides is 2. The van der Waals surface area contributed by atoms with E-state index in [0.29, 0.717) is 48.7 Å². The molecular formula is C17H21FN6O3. The number of primary amides is 1. The summed E-state index contributed by atoms with van der Waals surface area (Å²) in [5.74, 6) is 0.143. The second kappa shape index (κ2) is 8.47. The van der Waals surface area contributed by atoms with Gasteiger partial charge in [-0.2, -0.15) is 0 Å². The molecule has 0 radical (unpaired) electrons. The van der Waals surface area contributed by atoms with Crippen LogP contribution in [0.2, 0.25) is 0 Å². The van der Waals surface area contributed by atoms with E-state index in [0.717, 1.165) is 0 Å². The van der Waals surface area contributed by atoms with E-state index in [2.05, 4.69) is 15.0 Å². The number of rotatable bonds is 6. The number of anilines is 1. The van der Waals surface area contributed by atoms with Crippen LogP contribution in [-0.2, 0) is 9.53 Å². The summed E-state index contributed by atoms with van der Waals surface area (Å²) in [6.07, 6.45) is 6.02. The van der Waals surface area contributed by atoms with Crippen molar-refractivity contribution < 1.29 is 18.7 Å². The lowest BCUT2D eigenvalue weighted by Gasteiger charge is -2.34. The van der Waals surface area contributed by atoms with Crippen molar-refractivity contribution in [2.75, 3.05) is 44.4 Å². The minimum atomic E-state index is -0.539. The van der Waals surface area contributed by atoms with E-state index in [1.807, 2.05) is 4.90 Å². The Labute approximate surface area is 155 Å². The molecule has 2 aromatic heterocycles. The number of nitrogens with zero attached hydrogens (tertiary/aromatic N) is 4. The molecule has 1 fully saturated rings. The number of nitrogens with one attached hydrogen (secondary N) is 1. The third-order valence-corrected chi connectivity index (χ3v) is 4.19. The highest BCUT2D eigenvalue weighted by Gasteiger charge is 2.23. The van der Waals surface area contributed by atoms with Gasteiger partial charge in [-0.05, 0) is 6.08 Å². The van der Waals surface area contributed by atoms with Gasteiger partial charge in [-0.1, -0.05) is 0 Å². The Kier molecular flexibility index (Phi) is 5.84. The number of aromatic amines is 1. The predicted molar refractivity (Wildman–Crippen MR) is 97.8 cm³/mol. The molecule has 0 aromatic carbocycles. The predicted octanol–water partition coefficient (Wildman–Crippen LogP) is 1.07. The van der Waals surface area contributed by atoms with Gasteiger partial charge in [-0.15, -0.1) is 0 Å². The number of piperazine rings is 1. The Morgan fingerprint density at radius 1 is 1.33 bits per heavy atom. The summed E-state index contributed by atoms with van der Waals surface area (Å²) in [4.78, 5) is 38.4. The van der Waals surface area contributed by atoms with Crippen LogP contribution < -0.4 is 10.6 Å². The molecule has 1 aliphatic rings. The number of hydrogen-bond donors (Lipinski definition) is 2. The SMILES string of the molecule is NC(=O)/C=C/c1c[nH]c2ncc(N3CCN(C(=O)OCCCF)CC3)nc12. The number of hydrogen-bond acceptors (Lipinski definition) is 6. The number of H-pyrrole nitrogens is 1. The summed E-state index contributed by atoms with van der Waals surface area (Å²) in [6.45, 7) is 1.71. The molecule has 1 saturated heterocycles. The lowest BCUT2D eigenvalue weighted by atomic mass is 10.2. The zero-order valence-electron chi connectivity index (χ0n) is 14.7. The van der Waals surface area contributed by atoms with Crippen molar-refractivity contribution >= 4 is 35.1 Å². The molecule has 2 aromatic rings. The number of carbonyl (C=O) groups excluding carboxylic acids is 2. The molecule has 27 heavy (non-hydrogen) atoms. The fourth-order valence-electron chi connectivity index (χ4n) is 2.78. The lowest BCUT2D eigenvalue weighted by molar-refractivity contribution is -0.113. The molecule has 0 bridgehead atoms. The zero-order chi connectivity index (χ0) is 19.2. The molecule has 3 rings (SSSR count). The largest absolute Gasteiger partial charge is 0.449 e. The monoisotopic (exact) mass is 376 g/mol. The first kappa shape index (κ1) is 18.6. The second-order valence-corrected chi connectivity index (χ2v) is 6.04. The van der Waals surface area contributed by atoms with Crippen LogP contribution in [-0.4, -0.2) is 71.3 Å². The first-order valence-electron chi connectivity index (χ1n) is 8.62. The lowest BCUT2D eigenvalue weighted by Crippen LogP contribution is -2.49. The van der Waals surface area contributed by atoms with Crippen LogP contribution in [0.1, 0.15) is 12.0 Å². The van der Waals surface area contributed by atoms with Gasteiger partial charge >= 0.3 is 6.09 Å². The smallest absolute Gasteiger partial charge is 0.409 e. The van der Waals surface area contributed by atoms with Gasteiger partial charge in [0.05, 0.1) is 19.5 Å². The number of nitrogens with two attached hydrogens (primary N) is 1. The molecule has 1 aliphatic heterocycles. The van der Waals surface area contributed by atoms with Crippen molar-refractivity contribution in [3.63, 3.8) is 0 Å². The number of aromatic nitrogens is 3. The van der Waals surface area contributed by atoms with Gasteiger partial charge in [0.2, 0.25) is 5.91 Å². The fourth-order valence-corrected chi connectivity index (χ4v) is 2.78. The summed E-state index contributed by atoms with van der Waals surface area (Å²) in [6, 6.07) is 0.